The van der Waals surface area contributed by atoms with Gasteiger partial charge in [-0.05, 0) is 40.3 Å². The summed E-state index contributed by atoms with van der Waals surface area (Å²) in [6.07, 6.45) is 2.77. The Bertz CT molecular complexity index is 828. The van der Waals surface area contributed by atoms with Crippen molar-refractivity contribution in [3.05, 3.63) is 52.6 Å². The highest BCUT2D eigenvalue weighted by Gasteiger charge is 2.30. The van der Waals surface area contributed by atoms with Crippen molar-refractivity contribution in [3.63, 3.8) is 0 Å². The molecule has 0 bridgehead atoms. The number of carbonyl (C=O) groups excluding carboxylic acids is 1. The van der Waals surface area contributed by atoms with Gasteiger partial charge >= 0.3 is 0 Å². The minimum absolute atomic E-state index is 0. The van der Waals surface area contributed by atoms with Crippen LogP contribution in [0.3, 0.4) is 0 Å². The summed E-state index contributed by atoms with van der Waals surface area (Å²) < 4.78 is 0. The van der Waals surface area contributed by atoms with E-state index in [-0.39, 0.29) is 18.3 Å². The Labute approximate surface area is 161 Å². The second-order valence-electron chi connectivity index (χ2n) is 6.97. The second-order valence-corrected chi connectivity index (χ2v) is 6.97. The third kappa shape index (κ3) is 3.08. The van der Waals surface area contributed by atoms with Crippen LogP contribution in [-0.2, 0) is 12.8 Å². The molecule has 2 aromatic carbocycles. The molecule has 0 atom stereocenters. The van der Waals surface area contributed by atoms with Gasteiger partial charge < -0.3 is 16.0 Å². The van der Waals surface area contributed by atoms with Crippen molar-refractivity contribution in [1.29, 1.82) is 0 Å². The minimum atomic E-state index is -0.296. The van der Waals surface area contributed by atoms with Gasteiger partial charge in [-0.15, -0.1) is 12.4 Å². The molecule has 1 heterocycles. The van der Waals surface area contributed by atoms with Crippen molar-refractivity contribution in [2.45, 2.75) is 26.2 Å². The van der Waals surface area contributed by atoms with E-state index in [9.17, 15) is 4.79 Å². The van der Waals surface area contributed by atoms with Gasteiger partial charge in [-0.2, -0.15) is 0 Å². The van der Waals surface area contributed by atoms with Crippen molar-refractivity contribution < 1.29 is 4.79 Å². The summed E-state index contributed by atoms with van der Waals surface area (Å²) in [6, 6.07) is 10.8. The standard InChI is InChI=1S/C21H25N3O.ClH/c1-2-5-15-13-17-16-7-4-3-6-14(16)12-18(17)20(19(15)21(22)25)24-10-8-23-9-11-24;/h3-4,6-7,13,23H,2,5,8-12H2,1H3,(H2,22,25);1H. The lowest BCUT2D eigenvalue weighted by Crippen LogP contribution is -2.44. The SMILES string of the molecule is CCCc1cc2c(c(N3CCNCC3)c1C(N)=O)Cc1ccccc1-2.Cl. The molecule has 1 aliphatic heterocycles. The topological polar surface area (TPSA) is 58.4 Å². The first kappa shape index (κ1) is 18.7. The van der Waals surface area contributed by atoms with Crippen LogP contribution in [0.25, 0.3) is 11.1 Å². The fourth-order valence-electron chi connectivity index (χ4n) is 4.29. The summed E-state index contributed by atoms with van der Waals surface area (Å²) in [7, 11) is 0. The molecule has 138 valence electrons. The predicted molar refractivity (Wildman–Crippen MR) is 110 cm³/mol. The van der Waals surface area contributed by atoms with Gasteiger partial charge in [-0.1, -0.05) is 37.6 Å². The average molecular weight is 372 g/mol. The predicted octanol–water partition coefficient (Wildman–Crippen LogP) is 3.14. The van der Waals surface area contributed by atoms with E-state index in [0.717, 1.165) is 62.3 Å². The van der Waals surface area contributed by atoms with Crippen LogP contribution < -0.4 is 16.0 Å². The van der Waals surface area contributed by atoms with E-state index in [1.165, 1.54) is 22.3 Å². The lowest BCUT2D eigenvalue weighted by Gasteiger charge is -2.33. The van der Waals surface area contributed by atoms with Crippen LogP contribution in [0.15, 0.2) is 30.3 Å². The normalized spacial score (nSPS) is 15.2. The van der Waals surface area contributed by atoms with Gasteiger partial charge in [0.15, 0.2) is 0 Å². The quantitative estimate of drug-likeness (QED) is 0.740. The summed E-state index contributed by atoms with van der Waals surface area (Å²) in [5, 5.41) is 3.40. The molecule has 0 aromatic heterocycles. The number of amides is 1. The van der Waals surface area contributed by atoms with Crippen molar-refractivity contribution in [2.24, 2.45) is 5.73 Å². The molecule has 1 amide bonds. The van der Waals surface area contributed by atoms with E-state index in [1.807, 2.05) is 0 Å². The van der Waals surface area contributed by atoms with Crippen molar-refractivity contribution in [2.75, 3.05) is 31.1 Å². The maximum absolute atomic E-state index is 12.4. The first-order valence-electron chi connectivity index (χ1n) is 9.23. The first-order valence-corrected chi connectivity index (χ1v) is 9.23. The molecule has 1 saturated heterocycles. The number of hydrogen-bond donors (Lipinski definition) is 2. The van der Waals surface area contributed by atoms with Gasteiger partial charge in [0.2, 0.25) is 0 Å². The van der Waals surface area contributed by atoms with Gasteiger partial charge in [0.25, 0.3) is 5.91 Å². The third-order valence-corrected chi connectivity index (χ3v) is 5.36. The van der Waals surface area contributed by atoms with Crippen LogP contribution in [0.1, 0.15) is 40.4 Å². The van der Waals surface area contributed by atoms with E-state index in [4.69, 9.17) is 5.73 Å². The van der Waals surface area contributed by atoms with Crippen molar-refractivity contribution in [1.82, 2.24) is 5.32 Å². The summed E-state index contributed by atoms with van der Waals surface area (Å²) in [5.41, 5.74) is 14.0. The van der Waals surface area contributed by atoms with Gasteiger partial charge in [0.05, 0.1) is 11.3 Å². The van der Waals surface area contributed by atoms with E-state index in [0.29, 0.717) is 0 Å². The number of nitrogens with two attached hydrogens (primary N) is 1. The molecule has 5 heteroatoms. The zero-order valence-electron chi connectivity index (χ0n) is 15.2. The van der Waals surface area contributed by atoms with Crippen LogP contribution >= 0.6 is 12.4 Å². The van der Waals surface area contributed by atoms with Crippen LogP contribution in [0.5, 0.6) is 0 Å². The number of benzene rings is 2. The minimum Gasteiger partial charge on any atom is -0.368 e. The molecule has 0 spiro atoms. The fourth-order valence-corrected chi connectivity index (χ4v) is 4.29. The molecule has 0 radical (unpaired) electrons. The van der Waals surface area contributed by atoms with Gasteiger partial charge in [0.1, 0.15) is 0 Å². The third-order valence-electron chi connectivity index (χ3n) is 5.36. The number of halogens is 1. The Morgan fingerprint density at radius 2 is 1.92 bits per heavy atom. The monoisotopic (exact) mass is 371 g/mol. The van der Waals surface area contributed by atoms with Crippen molar-refractivity contribution >= 4 is 24.0 Å². The highest BCUT2D eigenvalue weighted by atomic mass is 35.5. The highest BCUT2D eigenvalue weighted by Crippen LogP contribution is 2.44. The Balaban J connectivity index is 0.00000196. The van der Waals surface area contributed by atoms with E-state index in [1.54, 1.807) is 0 Å². The number of nitrogens with one attached hydrogen (secondary N) is 1. The molecule has 2 aliphatic rings. The lowest BCUT2D eigenvalue weighted by atomic mass is 9.91. The van der Waals surface area contributed by atoms with Crippen LogP contribution in [0, 0.1) is 0 Å². The van der Waals surface area contributed by atoms with Gasteiger partial charge in [-0.3, -0.25) is 4.79 Å². The zero-order valence-corrected chi connectivity index (χ0v) is 16.0. The number of aryl methyl sites for hydroxylation is 1. The summed E-state index contributed by atoms with van der Waals surface area (Å²) in [6.45, 7) is 5.86. The maximum atomic E-state index is 12.4. The summed E-state index contributed by atoms with van der Waals surface area (Å²) >= 11 is 0. The zero-order chi connectivity index (χ0) is 17.4. The van der Waals surface area contributed by atoms with Crippen LogP contribution in [-0.4, -0.2) is 32.1 Å². The molecule has 4 nitrogen and oxygen atoms in total. The summed E-state index contributed by atoms with van der Waals surface area (Å²) in [5.74, 6) is -0.296. The number of primary amides is 1. The van der Waals surface area contributed by atoms with Gasteiger partial charge in [0, 0.05) is 32.6 Å². The van der Waals surface area contributed by atoms with Gasteiger partial charge in [-0.25, -0.2) is 0 Å². The summed E-state index contributed by atoms with van der Waals surface area (Å²) in [4.78, 5) is 14.8. The number of fused-ring (bicyclic) bond motifs is 3. The molecule has 0 unspecified atom stereocenters. The number of rotatable bonds is 4. The molecule has 0 saturated carbocycles. The van der Waals surface area contributed by atoms with E-state index in [2.05, 4.69) is 47.5 Å². The van der Waals surface area contributed by atoms with Crippen molar-refractivity contribution in [3.8, 4) is 11.1 Å². The number of anilines is 1. The molecule has 4 rings (SSSR count). The molecule has 1 fully saturated rings. The Kier molecular flexibility index (Phi) is 5.54. The molecular formula is C21H26ClN3O. The first-order chi connectivity index (χ1) is 12.2. The average Bonchev–Trinajstić information content (AvgIpc) is 3.00. The Morgan fingerprint density at radius 3 is 2.62 bits per heavy atom. The maximum Gasteiger partial charge on any atom is 0.251 e. The fraction of sp³-hybridized carbons (Fsp3) is 0.381. The van der Waals surface area contributed by atoms with Crippen LogP contribution in [0.2, 0.25) is 0 Å². The van der Waals surface area contributed by atoms with E-state index >= 15 is 0 Å². The molecule has 1 aliphatic carbocycles. The number of nitrogens with zero attached hydrogens (tertiary/aromatic N) is 1. The van der Waals surface area contributed by atoms with Crippen LogP contribution in [0.4, 0.5) is 5.69 Å². The molecular weight excluding hydrogens is 346 g/mol. The number of carbonyl (C=O) groups is 1. The van der Waals surface area contributed by atoms with E-state index < -0.39 is 0 Å². The largest absolute Gasteiger partial charge is 0.368 e. The number of hydrogen-bond acceptors (Lipinski definition) is 3. The second kappa shape index (κ2) is 7.68. The lowest BCUT2D eigenvalue weighted by molar-refractivity contribution is 0.0999. The Hall–Kier alpha value is -2.04. The number of piperazine rings is 1. The Morgan fingerprint density at radius 1 is 1.19 bits per heavy atom. The molecule has 3 N–H and O–H groups in total. The highest BCUT2D eigenvalue weighted by molar-refractivity contribution is 6.03. The molecule has 2 aromatic rings. The molecule has 26 heavy (non-hydrogen) atoms. The smallest absolute Gasteiger partial charge is 0.251 e.